The Kier molecular flexibility index (Phi) is 2.77. The Morgan fingerprint density at radius 3 is 2.69 bits per heavy atom. The Morgan fingerprint density at radius 1 is 1.19 bits per heavy atom. The number of carboxylic acid groups (broad SMARTS) is 1. The molecule has 0 saturated heterocycles. The average Bonchev–Trinajstić information content (AvgIpc) is 2.31. The van der Waals surface area contributed by atoms with Gasteiger partial charge >= 0.3 is 5.97 Å². The van der Waals surface area contributed by atoms with Gasteiger partial charge in [0, 0.05) is 12.3 Å². The van der Waals surface area contributed by atoms with Crippen LogP contribution in [-0.4, -0.2) is 21.3 Å². The zero-order valence-corrected chi connectivity index (χ0v) is 8.20. The Labute approximate surface area is 91.3 Å². The lowest BCUT2D eigenvalue weighted by molar-refractivity contribution is 0.0694. The molecule has 0 spiro atoms. The summed E-state index contributed by atoms with van der Waals surface area (Å²) >= 11 is 0. The summed E-state index contributed by atoms with van der Waals surface area (Å²) in [5.74, 6) is -0.536. The molecular formula is C11H8N2O3. The molecule has 1 N–H and O–H groups in total. The Hall–Kier alpha value is -2.43. The van der Waals surface area contributed by atoms with E-state index < -0.39 is 5.97 Å². The molecule has 1 aromatic heterocycles. The number of para-hydroxylation sites is 1. The molecule has 0 aliphatic carbocycles. The van der Waals surface area contributed by atoms with Crippen LogP contribution in [-0.2, 0) is 0 Å². The van der Waals surface area contributed by atoms with Gasteiger partial charge in [0.2, 0.25) is 5.88 Å². The van der Waals surface area contributed by atoms with E-state index in [1.54, 1.807) is 30.3 Å². The number of hydrogen-bond donors (Lipinski definition) is 1. The SMILES string of the molecule is O=C(O)c1ccccc1Oc1cccnn1. The average molecular weight is 216 g/mol. The maximum Gasteiger partial charge on any atom is 0.339 e. The van der Waals surface area contributed by atoms with Gasteiger partial charge in [0.05, 0.1) is 0 Å². The van der Waals surface area contributed by atoms with Crippen molar-refractivity contribution in [2.24, 2.45) is 0 Å². The van der Waals surface area contributed by atoms with Crippen LogP contribution in [0.2, 0.25) is 0 Å². The van der Waals surface area contributed by atoms with Gasteiger partial charge in [-0.05, 0) is 18.2 Å². The van der Waals surface area contributed by atoms with E-state index in [-0.39, 0.29) is 17.2 Å². The van der Waals surface area contributed by atoms with E-state index in [0.717, 1.165) is 0 Å². The molecule has 0 saturated carbocycles. The van der Waals surface area contributed by atoms with Gasteiger partial charge in [-0.25, -0.2) is 4.79 Å². The molecule has 1 aromatic carbocycles. The smallest absolute Gasteiger partial charge is 0.339 e. The number of rotatable bonds is 3. The number of carboxylic acids is 1. The molecule has 2 rings (SSSR count). The van der Waals surface area contributed by atoms with Gasteiger partial charge in [0.15, 0.2) is 0 Å². The highest BCUT2D eigenvalue weighted by Crippen LogP contribution is 2.22. The number of aromatic carboxylic acids is 1. The van der Waals surface area contributed by atoms with E-state index in [2.05, 4.69) is 10.2 Å². The third-order valence-corrected chi connectivity index (χ3v) is 1.88. The van der Waals surface area contributed by atoms with E-state index in [4.69, 9.17) is 9.84 Å². The highest BCUT2D eigenvalue weighted by atomic mass is 16.5. The van der Waals surface area contributed by atoms with Crippen LogP contribution in [0.3, 0.4) is 0 Å². The summed E-state index contributed by atoms with van der Waals surface area (Å²) in [6.45, 7) is 0. The van der Waals surface area contributed by atoms with Crippen LogP contribution in [0.1, 0.15) is 10.4 Å². The van der Waals surface area contributed by atoms with Crippen molar-refractivity contribution in [1.82, 2.24) is 10.2 Å². The van der Waals surface area contributed by atoms with E-state index >= 15 is 0 Å². The van der Waals surface area contributed by atoms with Gasteiger partial charge in [0.1, 0.15) is 11.3 Å². The Bertz CT molecular complexity index is 500. The molecule has 1 heterocycles. The zero-order valence-electron chi connectivity index (χ0n) is 8.20. The number of hydrogen-bond acceptors (Lipinski definition) is 4. The van der Waals surface area contributed by atoms with Crippen molar-refractivity contribution in [3.8, 4) is 11.6 Å². The van der Waals surface area contributed by atoms with Crippen molar-refractivity contribution >= 4 is 5.97 Å². The summed E-state index contributed by atoms with van der Waals surface area (Å²) in [5.41, 5.74) is 0.0909. The summed E-state index contributed by atoms with van der Waals surface area (Å²) in [4.78, 5) is 10.9. The monoisotopic (exact) mass is 216 g/mol. The van der Waals surface area contributed by atoms with Crippen LogP contribution in [0.5, 0.6) is 11.6 Å². The quantitative estimate of drug-likeness (QED) is 0.849. The van der Waals surface area contributed by atoms with Crippen LogP contribution < -0.4 is 4.74 Å². The first kappa shape index (κ1) is 10.1. The number of carbonyl (C=O) groups is 1. The second kappa shape index (κ2) is 4.39. The summed E-state index contributed by atoms with van der Waals surface area (Å²) in [5, 5.41) is 16.3. The third kappa shape index (κ3) is 2.14. The van der Waals surface area contributed by atoms with Gasteiger partial charge in [-0.3, -0.25) is 0 Å². The molecule has 2 aromatic rings. The summed E-state index contributed by atoms with van der Waals surface area (Å²) in [6.07, 6.45) is 1.51. The lowest BCUT2D eigenvalue weighted by Crippen LogP contribution is -2.00. The molecule has 0 radical (unpaired) electrons. The fourth-order valence-corrected chi connectivity index (χ4v) is 1.19. The first-order chi connectivity index (χ1) is 7.77. The molecular weight excluding hydrogens is 208 g/mol. The predicted molar refractivity (Wildman–Crippen MR) is 55.5 cm³/mol. The minimum atomic E-state index is -1.04. The van der Waals surface area contributed by atoms with Crippen molar-refractivity contribution in [3.63, 3.8) is 0 Å². The molecule has 5 nitrogen and oxygen atoms in total. The second-order valence-electron chi connectivity index (χ2n) is 2.97. The number of aromatic nitrogens is 2. The standard InChI is InChI=1S/C11H8N2O3/c14-11(15)8-4-1-2-5-9(8)16-10-6-3-7-12-13-10/h1-7H,(H,14,15). The molecule has 0 bridgehead atoms. The van der Waals surface area contributed by atoms with Gasteiger partial charge in [-0.15, -0.1) is 5.10 Å². The van der Waals surface area contributed by atoms with Gasteiger partial charge in [-0.1, -0.05) is 12.1 Å². The molecule has 80 valence electrons. The van der Waals surface area contributed by atoms with Crippen molar-refractivity contribution < 1.29 is 14.6 Å². The van der Waals surface area contributed by atoms with Crippen LogP contribution in [0.15, 0.2) is 42.6 Å². The lowest BCUT2D eigenvalue weighted by atomic mass is 10.2. The molecule has 0 unspecified atom stereocenters. The summed E-state index contributed by atoms with van der Waals surface area (Å²) in [6, 6.07) is 9.62. The normalized spacial score (nSPS) is 9.75. The minimum absolute atomic E-state index is 0.0909. The third-order valence-electron chi connectivity index (χ3n) is 1.88. The van der Waals surface area contributed by atoms with Crippen molar-refractivity contribution in [1.29, 1.82) is 0 Å². The maximum atomic E-state index is 10.9. The summed E-state index contributed by atoms with van der Waals surface area (Å²) in [7, 11) is 0. The molecule has 0 aliphatic heterocycles. The van der Waals surface area contributed by atoms with E-state index in [1.807, 2.05) is 0 Å². The highest BCUT2D eigenvalue weighted by molar-refractivity contribution is 5.90. The molecule has 0 amide bonds. The molecule has 5 heteroatoms. The van der Waals surface area contributed by atoms with Gasteiger partial charge in [0.25, 0.3) is 0 Å². The van der Waals surface area contributed by atoms with Gasteiger partial charge in [-0.2, -0.15) is 5.10 Å². The molecule has 0 aliphatic rings. The largest absolute Gasteiger partial charge is 0.478 e. The fraction of sp³-hybridized carbons (Fsp3) is 0. The topological polar surface area (TPSA) is 72.3 Å². The lowest BCUT2D eigenvalue weighted by Gasteiger charge is -2.06. The van der Waals surface area contributed by atoms with Crippen molar-refractivity contribution in [2.75, 3.05) is 0 Å². The first-order valence-electron chi connectivity index (χ1n) is 4.55. The first-order valence-corrected chi connectivity index (χ1v) is 4.55. The van der Waals surface area contributed by atoms with Crippen LogP contribution in [0.4, 0.5) is 0 Å². The molecule has 0 fully saturated rings. The van der Waals surface area contributed by atoms with E-state index in [9.17, 15) is 4.79 Å². The fourth-order valence-electron chi connectivity index (χ4n) is 1.19. The van der Waals surface area contributed by atoms with Crippen LogP contribution in [0.25, 0.3) is 0 Å². The zero-order chi connectivity index (χ0) is 11.4. The van der Waals surface area contributed by atoms with Crippen LogP contribution in [0, 0.1) is 0 Å². The number of benzene rings is 1. The van der Waals surface area contributed by atoms with Gasteiger partial charge < -0.3 is 9.84 Å². The van der Waals surface area contributed by atoms with Crippen molar-refractivity contribution in [3.05, 3.63) is 48.2 Å². The Morgan fingerprint density at radius 2 is 2.00 bits per heavy atom. The summed E-state index contributed by atoms with van der Waals surface area (Å²) < 4.78 is 5.32. The minimum Gasteiger partial charge on any atom is -0.478 e. The van der Waals surface area contributed by atoms with E-state index in [0.29, 0.717) is 0 Å². The molecule has 0 atom stereocenters. The predicted octanol–water partition coefficient (Wildman–Crippen LogP) is 1.97. The number of nitrogens with zero attached hydrogens (tertiary/aromatic N) is 2. The highest BCUT2D eigenvalue weighted by Gasteiger charge is 2.11. The second-order valence-corrected chi connectivity index (χ2v) is 2.97. The van der Waals surface area contributed by atoms with Crippen molar-refractivity contribution in [2.45, 2.75) is 0 Å². The Balaban J connectivity index is 2.31. The maximum absolute atomic E-state index is 10.9. The molecule has 16 heavy (non-hydrogen) atoms. The van der Waals surface area contributed by atoms with Crippen LogP contribution >= 0.6 is 0 Å². The number of ether oxygens (including phenoxy) is 1. The van der Waals surface area contributed by atoms with E-state index in [1.165, 1.54) is 12.3 Å².